The van der Waals surface area contributed by atoms with Crippen LogP contribution >= 0.6 is 0 Å². The SMILES string of the molecule is Cc1[nH]c(C[C@@H]2C(=O)N=C3C=CC=C[C@H]32)c(C)c1CCC(=O)O. The summed E-state index contributed by atoms with van der Waals surface area (Å²) in [5.41, 5.74) is 4.97. The molecule has 1 aromatic heterocycles. The van der Waals surface area contributed by atoms with Crippen molar-refractivity contribution >= 4 is 17.6 Å². The Balaban J connectivity index is 1.80. The van der Waals surface area contributed by atoms with Crippen molar-refractivity contribution in [2.45, 2.75) is 33.1 Å². The van der Waals surface area contributed by atoms with Gasteiger partial charge in [0.25, 0.3) is 0 Å². The van der Waals surface area contributed by atoms with Gasteiger partial charge in [-0.15, -0.1) is 0 Å². The molecule has 2 heterocycles. The molecule has 23 heavy (non-hydrogen) atoms. The summed E-state index contributed by atoms with van der Waals surface area (Å²) < 4.78 is 0. The smallest absolute Gasteiger partial charge is 0.303 e. The lowest BCUT2D eigenvalue weighted by Gasteiger charge is -2.16. The molecule has 1 aliphatic heterocycles. The molecule has 2 aliphatic rings. The number of fused-ring (bicyclic) bond motifs is 1. The van der Waals surface area contributed by atoms with Gasteiger partial charge >= 0.3 is 5.97 Å². The van der Waals surface area contributed by atoms with Crippen molar-refractivity contribution < 1.29 is 14.7 Å². The van der Waals surface area contributed by atoms with Gasteiger partial charge in [-0.1, -0.05) is 18.2 Å². The molecule has 0 radical (unpaired) electrons. The minimum Gasteiger partial charge on any atom is -0.481 e. The van der Waals surface area contributed by atoms with Gasteiger partial charge in [0.15, 0.2) is 0 Å². The molecule has 0 unspecified atom stereocenters. The van der Waals surface area contributed by atoms with E-state index in [1.54, 1.807) is 0 Å². The second kappa shape index (κ2) is 5.99. The highest BCUT2D eigenvalue weighted by atomic mass is 16.4. The molecule has 0 saturated carbocycles. The van der Waals surface area contributed by atoms with E-state index in [9.17, 15) is 9.59 Å². The Labute approximate surface area is 134 Å². The fourth-order valence-electron chi connectivity index (χ4n) is 3.47. The van der Waals surface area contributed by atoms with Gasteiger partial charge in [-0.05, 0) is 37.5 Å². The summed E-state index contributed by atoms with van der Waals surface area (Å²) >= 11 is 0. The zero-order chi connectivity index (χ0) is 16.6. The number of nitrogens with zero attached hydrogens (tertiary/aromatic N) is 1. The van der Waals surface area contributed by atoms with Crippen LogP contribution in [0.5, 0.6) is 0 Å². The Kier molecular flexibility index (Phi) is 4.03. The molecule has 2 atom stereocenters. The van der Waals surface area contributed by atoms with E-state index in [0.29, 0.717) is 12.8 Å². The quantitative estimate of drug-likeness (QED) is 0.876. The summed E-state index contributed by atoms with van der Waals surface area (Å²) in [5, 5.41) is 8.87. The topological polar surface area (TPSA) is 82.5 Å². The Bertz CT molecular complexity index is 753. The average Bonchev–Trinajstić information content (AvgIpc) is 2.95. The molecule has 0 bridgehead atoms. The van der Waals surface area contributed by atoms with E-state index in [1.807, 2.05) is 38.2 Å². The van der Waals surface area contributed by atoms with Crippen LogP contribution in [0.1, 0.15) is 28.9 Å². The van der Waals surface area contributed by atoms with Crippen molar-refractivity contribution in [3.05, 3.63) is 46.8 Å². The van der Waals surface area contributed by atoms with Gasteiger partial charge in [0.05, 0.1) is 11.6 Å². The predicted molar refractivity (Wildman–Crippen MR) is 87.6 cm³/mol. The standard InChI is InChI=1S/C18H20N2O3/c1-10-12(7-8-17(21)22)11(2)19-16(10)9-14-13-5-3-4-6-15(13)20-18(14)23/h3-6,13-14,19H,7-9H2,1-2H3,(H,21,22)/t13-,14-/m0/s1. The molecular formula is C18H20N2O3. The monoisotopic (exact) mass is 312 g/mol. The van der Waals surface area contributed by atoms with Crippen LogP contribution < -0.4 is 0 Å². The minimum atomic E-state index is -0.797. The van der Waals surface area contributed by atoms with Crippen LogP contribution in [0.15, 0.2) is 29.3 Å². The maximum atomic E-state index is 12.2. The molecule has 120 valence electrons. The summed E-state index contributed by atoms with van der Waals surface area (Å²) in [5.74, 6) is -0.983. The third-order valence-corrected chi connectivity index (χ3v) is 4.74. The molecule has 5 heteroatoms. The third kappa shape index (κ3) is 2.91. The fraction of sp³-hybridized carbons (Fsp3) is 0.389. The number of amides is 1. The second-order valence-corrected chi connectivity index (χ2v) is 6.18. The Hall–Kier alpha value is -2.43. The van der Waals surface area contributed by atoms with Crippen molar-refractivity contribution in [2.24, 2.45) is 16.8 Å². The first-order valence-electron chi connectivity index (χ1n) is 7.83. The summed E-state index contributed by atoms with van der Waals surface area (Å²) in [6.45, 7) is 3.95. The van der Waals surface area contributed by atoms with Gasteiger partial charge in [-0.25, -0.2) is 4.99 Å². The van der Waals surface area contributed by atoms with E-state index in [-0.39, 0.29) is 24.2 Å². The highest BCUT2D eigenvalue weighted by molar-refractivity contribution is 6.12. The summed E-state index contributed by atoms with van der Waals surface area (Å²) in [4.78, 5) is 30.5. The van der Waals surface area contributed by atoms with Crippen LogP contribution in [-0.2, 0) is 22.4 Å². The van der Waals surface area contributed by atoms with Crippen LogP contribution in [0.4, 0.5) is 0 Å². The lowest BCUT2D eigenvalue weighted by atomic mass is 9.84. The van der Waals surface area contributed by atoms with Crippen molar-refractivity contribution in [1.29, 1.82) is 0 Å². The number of aryl methyl sites for hydroxylation is 1. The number of hydrogen-bond acceptors (Lipinski definition) is 2. The Morgan fingerprint density at radius 2 is 2.13 bits per heavy atom. The van der Waals surface area contributed by atoms with Gasteiger partial charge in [0.2, 0.25) is 5.91 Å². The lowest BCUT2D eigenvalue weighted by Crippen LogP contribution is -2.22. The number of hydrogen-bond donors (Lipinski definition) is 2. The number of carboxylic acids is 1. The first-order valence-corrected chi connectivity index (χ1v) is 7.83. The van der Waals surface area contributed by atoms with E-state index in [2.05, 4.69) is 9.98 Å². The first kappa shape index (κ1) is 15.5. The van der Waals surface area contributed by atoms with E-state index in [0.717, 1.165) is 28.2 Å². The zero-order valence-electron chi connectivity index (χ0n) is 13.3. The van der Waals surface area contributed by atoms with Crippen molar-refractivity contribution in [1.82, 2.24) is 4.98 Å². The molecule has 0 fully saturated rings. The van der Waals surface area contributed by atoms with Crippen LogP contribution in [-0.4, -0.2) is 27.7 Å². The van der Waals surface area contributed by atoms with Gasteiger partial charge in [0.1, 0.15) is 0 Å². The molecule has 3 rings (SSSR count). The van der Waals surface area contributed by atoms with Gasteiger partial charge < -0.3 is 10.1 Å². The lowest BCUT2D eigenvalue weighted by molar-refractivity contribution is -0.137. The van der Waals surface area contributed by atoms with Crippen LogP contribution in [0.25, 0.3) is 0 Å². The number of allylic oxidation sites excluding steroid dienone is 4. The molecule has 0 aromatic carbocycles. The number of aliphatic imine (C=N–C) groups is 1. The Morgan fingerprint density at radius 3 is 2.87 bits per heavy atom. The van der Waals surface area contributed by atoms with E-state index >= 15 is 0 Å². The molecule has 5 nitrogen and oxygen atoms in total. The van der Waals surface area contributed by atoms with Crippen LogP contribution in [0.2, 0.25) is 0 Å². The van der Waals surface area contributed by atoms with E-state index in [4.69, 9.17) is 5.11 Å². The molecule has 2 N–H and O–H groups in total. The van der Waals surface area contributed by atoms with Gasteiger partial charge in [0, 0.05) is 30.1 Å². The van der Waals surface area contributed by atoms with E-state index in [1.165, 1.54) is 0 Å². The van der Waals surface area contributed by atoms with Crippen LogP contribution in [0, 0.1) is 25.7 Å². The number of aliphatic carboxylic acids is 1. The number of rotatable bonds is 5. The number of carbonyl (C=O) groups excluding carboxylic acids is 1. The zero-order valence-corrected chi connectivity index (χ0v) is 13.3. The van der Waals surface area contributed by atoms with Crippen molar-refractivity contribution in [2.75, 3.05) is 0 Å². The maximum Gasteiger partial charge on any atom is 0.303 e. The summed E-state index contributed by atoms with van der Waals surface area (Å²) in [6, 6.07) is 0. The number of aromatic amines is 1. The largest absolute Gasteiger partial charge is 0.481 e. The molecule has 1 amide bonds. The summed E-state index contributed by atoms with van der Waals surface area (Å²) in [6.07, 6.45) is 9.02. The predicted octanol–water partition coefficient (Wildman–Crippen LogP) is 2.53. The highest BCUT2D eigenvalue weighted by Crippen LogP contribution is 2.32. The highest BCUT2D eigenvalue weighted by Gasteiger charge is 2.36. The number of nitrogens with one attached hydrogen (secondary N) is 1. The molecule has 0 saturated heterocycles. The minimum absolute atomic E-state index is 0.0537. The van der Waals surface area contributed by atoms with Crippen LogP contribution in [0.3, 0.4) is 0 Å². The average molecular weight is 312 g/mol. The molecule has 1 aliphatic carbocycles. The molecule has 1 aromatic rings. The number of carbonyl (C=O) groups is 2. The maximum absolute atomic E-state index is 12.2. The number of H-pyrrole nitrogens is 1. The normalized spacial score (nSPS) is 22.3. The van der Waals surface area contributed by atoms with Crippen molar-refractivity contribution in [3.8, 4) is 0 Å². The van der Waals surface area contributed by atoms with Gasteiger partial charge in [-0.2, -0.15) is 0 Å². The number of carboxylic acid groups (broad SMARTS) is 1. The second-order valence-electron chi connectivity index (χ2n) is 6.18. The summed E-state index contributed by atoms with van der Waals surface area (Å²) in [7, 11) is 0. The third-order valence-electron chi connectivity index (χ3n) is 4.74. The van der Waals surface area contributed by atoms with E-state index < -0.39 is 5.97 Å². The fourth-order valence-corrected chi connectivity index (χ4v) is 3.47. The number of aromatic nitrogens is 1. The molecule has 0 spiro atoms. The molecular weight excluding hydrogens is 292 g/mol. The Morgan fingerprint density at radius 1 is 1.35 bits per heavy atom. The van der Waals surface area contributed by atoms with Gasteiger partial charge in [-0.3, -0.25) is 9.59 Å². The van der Waals surface area contributed by atoms with Crippen molar-refractivity contribution in [3.63, 3.8) is 0 Å². The first-order chi connectivity index (χ1) is 11.0.